The number of alkyl halides is 2. The SMILES string of the molecule is CC(Sc1nnnn1C)c1nc2ccccc2n1C(F)F. The van der Waals surface area contributed by atoms with Gasteiger partial charge in [-0.1, -0.05) is 23.9 Å². The molecule has 1 atom stereocenters. The van der Waals surface area contributed by atoms with Crippen LogP contribution in [0.15, 0.2) is 29.4 Å². The van der Waals surface area contributed by atoms with E-state index < -0.39 is 6.55 Å². The molecule has 0 aliphatic carbocycles. The van der Waals surface area contributed by atoms with Gasteiger partial charge in [0.05, 0.1) is 16.3 Å². The molecular weight excluding hydrogens is 298 g/mol. The van der Waals surface area contributed by atoms with Gasteiger partial charge in [0, 0.05) is 7.05 Å². The van der Waals surface area contributed by atoms with E-state index in [0.29, 0.717) is 22.0 Å². The molecule has 9 heteroatoms. The maximum Gasteiger partial charge on any atom is 0.320 e. The Morgan fingerprint density at radius 3 is 2.67 bits per heavy atom. The molecule has 2 aromatic heterocycles. The van der Waals surface area contributed by atoms with Crippen molar-refractivity contribution in [1.29, 1.82) is 0 Å². The number of benzene rings is 1. The quantitative estimate of drug-likeness (QED) is 0.693. The van der Waals surface area contributed by atoms with Crippen LogP contribution in [0.3, 0.4) is 0 Å². The van der Waals surface area contributed by atoms with E-state index >= 15 is 0 Å². The van der Waals surface area contributed by atoms with Gasteiger partial charge in [0.15, 0.2) is 0 Å². The molecule has 0 fully saturated rings. The van der Waals surface area contributed by atoms with Crippen molar-refractivity contribution in [1.82, 2.24) is 29.8 Å². The first kappa shape index (κ1) is 13.9. The van der Waals surface area contributed by atoms with E-state index in [1.165, 1.54) is 16.4 Å². The Labute approximate surface area is 123 Å². The molecule has 0 saturated carbocycles. The lowest BCUT2D eigenvalue weighted by molar-refractivity contribution is 0.0715. The van der Waals surface area contributed by atoms with Crippen LogP contribution in [-0.4, -0.2) is 29.8 Å². The fraction of sp³-hybridized carbons (Fsp3) is 0.333. The van der Waals surface area contributed by atoms with Crippen molar-refractivity contribution in [3.63, 3.8) is 0 Å². The second kappa shape index (κ2) is 5.40. The number of para-hydroxylation sites is 2. The maximum absolute atomic E-state index is 13.4. The molecule has 0 aliphatic heterocycles. The van der Waals surface area contributed by atoms with Gasteiger partial charge in [-0.25, -0.2) is 9.67 Å². The molecule has 0 radical (unpaired) electrons. The monoisotopic (exact) mass is 310 g/mol. The Bertz CT molecular complexity index is 768. The molecule has 3 rings (SSSR count). The number of imidazole rings is 1. The zero-order chi connectivity index (χ0) is 15.0. The Morgan fingerprint density at radius 2 is 2.00 bits per heavy atom. The van der Waals surface area contributed by atoms with Gasteiger partial charge in [-0.05, 0) is 29.5 Å². The molecule has 110 valence electrons. The molecule has 2 heterocycles. The van der Waals surface area contributed by atoms with Crippen molar-refractivity contribution in [2.24, 2.45) is 7.05 Å². The number of aromatic nitrogens is 6. The fourth-order valence-electron chi connectivity index (χ4n) is 2.09. The Hall–Kier alpha value is -2.03. The zero-order valence-corrected chi connectivity index (χ0v) is 12.1. The van der Waals surface area contributed by atoms with Crippen molar-refractivity contribution in [3.05, 3.63) is 30.1 Å². The summed E-state index contributed by atoms with van der Waals surface area (Å²) in [6.07, 6.45) is 0. The van der Waals surface area contributed by atoms with E-state index in [1.54, 1.807) is 38.2 Å². The summed E-state index contributed by atoms with van der Waals surface area (Å²) in [6, 6.07) is 6.86. The fourth-order valence-corrected chi connectivity index (χ4v) is 2.95. The van der Waals surface area contributed by atoms with Crippen LogP contribution in [0.1, 0.15) is 24.5 Å². The molecule has 21 heavy (non-hydrogen) atoms. The summed E-state index contributed by atoms with van der Waals surface area (Å²) in [5, 5.41) is 11.4. The molecule has 6 nitrogen and oxygen atoms in total. The summed E-state index contributed by atoms with van der Waals surface area (Å²) in [6.45, 7) is -0.840. The van der Waals surface area contributed by atoms with Gasteiger partial charge >= 0.3 is 6.55 Å². The number of hydrogen-bond donors (Lipinski definition) is 0. The van der Waals surface area contributed by atoms with E-state index in [-0.39, 0.29) is 5.25 Å². The number of rotatable bonds is 4. The van der Waals surface area contributed by atoms with E-state index in [9.17, 15) is 8.78 Å². The number of thioether (sulfide) groups is 1. The van der Waals surface area contributed by atoms with Crippen molar-refractivity contribution < 1.29 is 8.78 Å². The molecule has 1 unspecified atom stereocenters. The van der Waals surface area contributed by atoms with Crippen molar-refractivity contribution >= 4 is 22.8 Å². The highest BCUT2D eigenvalue weighted by Gasteiger charge is 2.23. The van der Waals surface area contributed by atoms with Crippen LogP contribution < -0.4 is 0 Å². The second-order valence-electron chi connectivity index (χ2n) is 4.45. The number of halogens is 2. The molecule has 0 aliphatic rings. The van der Waals surface area contributed by atoms with Gasteiger partial charge in [0.1, 0.15) is 5.82 Å². The molecule has 0 N–H and O–H groups in total. The van der Waals surface area contributed by atoms with Crippen LogP contribution in [0.4, 0.5) is 8.78 Å². The molecule has 0 spiro atoms. The molecule has 0 saturated heterocycles. The van der Waals surface area contributed by atoms with Gasteiger partial charge < -0.3 is 0 Å². The van der Waals surface area contributed by atoms with Gasteiger partial charge in [-0.15, -0.1) is 5.10 Å². The van der Waals surface area contributed by atoms with Crippen LogP contribution in [0.2, 0.25) is 0 Å². The Kier molecular flexibility index (Phi) is 3.58. The van der Waals surface area contributed by atoms with Gasteiger partial charge in [0.25, 0.3) is 0 Å². The van der Waals surface area contributed by atoms with Crippen molar-refractivity contribution in [3.8, 4) is 0 Å². The lowest BCUT2D eigenvalue weighted by atomic mass is 10.3. The highest BCUT2D eigenvalue weighted by atomic mass is 32.2. The summed E-state index contributed by atoms with van der Waals surface area (Å²) in [4.78, 5) is 4.33. The molecule has 0 amide bonds. The number of tetrazole rings is 1. The normalized spacial score (nSPS) is 13.2. The number of aryl methyl sites for hydroxylation is 1. The van der Waals surface area contributed by atoms with Gasteiger partial charge in [-0.2, -0.15) is 8.78 Å². The minimum atomic E-state index is -2.65. The second-order valence-corrected chi connectivity index (χ2v) is 5.76. The lowest BCUT2D eigenvalue weighted by Crippen LogP contribution is -2.07. The van der Waals surface area contributed by atoms with Gasteiger partial charge in [-0.3, -0.25) is 4.57 Å². The molecule has 1 aromatic carbocycles. The minimum absolute atomic E-state index is 0.305. The Balaban J connectivity index is 2.03. The summed E-state index contributed by atoms with van der Waals surface area (Å²) >= 11 is 1.29. The highest BCUT2D eigenvalue weighted by Crippen LogP contribution is 2.36. The number of hydrogen-bond acceptors (Lipinski definition) is 5. The summed E-state index contributed by atoms with van der Waals surface area (Å²) in [5.74, 6) is 0.305. The van der Waals surface area contributed by atoms with E-state index in [1.807, 2.05) is 0 Å². The smallest absolute Gasteiger partial charge is 0.269 e. The third-order valence-electron chi connectivity index (χ3n) is 3.05. The number of fused-ring (bicyclic) bond motifs is 1. The standard InChI is InChI=1S/C12H12F2N6S/c1-7(21-12-16-17-18-19(12)2)10-15-8-5-3-4-6-9(8)20(10)11(13)14/h3-7,11H,1-2H3. The van der Waals surface area contributed by atoms with Crippen LogP contribution in [-0.2, 0) is 7.05 Å². The largest absolute Gasteiger partial charge is 0.320 e. The molecular formula is C12H12F2N6S. The predicted octanol–water partition coefficient (Wildman–Crippen LogP) is 2.81. The van der Waals surface area contributed by atoms with Gasteiger partial charge in [0.2, 0.25) is 5.16 Å². The minimum Gasteiger partial charge on any atom is -0.269 e. The van der Waals surface area contributed by atoms with E-state index in [4.69, 9.17) is 0 Å². The predicted molar refractivity (Wildman–Crippen MR) is 74.1 cm³/mol. The average Bonchev–Trinajstić information content (AvgIpc) is 3.02. The lowest BCUT2D eigenvalue weighted by Gasteiger charge is -2.12. The van der Waals surface area contributed by atoms with Crippen LogP contribution in [0, 0.1) is 0 Å². The van der Waals surface area contributed by atoms with Crippen LogP contribution in [0.5, 0.6) is 0 Å². The number of nitrogens with zero attached hydrogens (tertiary/aromatic N) is 6. The summed E-state index contributed by atoms with van der Waals surface area (Å²) < 4.78 is 29.2. The Morgan fingerprint density at radius 1 is 1.24 bits per heavy atom. The third-order valence-corrected chi connectivity index (χ3v) is 4.17. The summed E-state index contributed by atoms with van der Waals surface area (Å²) in [7, 11) is 1.70. The van der Waals surface area contributed by atoms with Crippen molar-refractivity contribution in [2.75, 3.05) is 0 Å². The van der Waals surface area contributed by atoms with Crippen molar-refractivity contribution in [2.45, 2.75) is 23.9 Å². The van der Waals surface area contributed by atoms with E-state index in [0.717, 1.165) is 4.57 Å². The topological polar surface area (TPSA) is 61.4 Å². The zero-order valence-electron chi connectivity index (χ0n) is 11.3. The van der Waals surface area contributed by atoms with Crippen LogP contribution >= 0.6 is 11.8 Å². The third kappa shape index (κ3) is 2.48. The molecule has 3 aromatic rings. The first-order chi connectivity index (χ1) is 10.1. The first-order valence-electron chi connectivity index (χ1n) is 6.22. The van der Waals surface area contributed by atoms with E-state index in [2.05, 4.69) is 20.5 Å². The molecule has 0 bridgehead atoms. The average molecular weight is 310 g/mol. The highest BCUT2D eigenvalue weighted by molar-refractivity contribution is 7.99. The maximum atomic E-state index is 13.4. The first-order valence-corrected chi connectivity index (χ1v) is 7.10. The van der Waals surface area contributed by atoms with Crippen LogP contribution in [0.25, 0.3) is 11.0 Å². The summed E-state index contributed by atoms with van der Waals surface area (Å²) in [5.41, 5.74) is 0.974.